The van der Waals surface area contributed by atoms with Gasteiger partial charge in [-0.3, -0.25) is 9.20 Å². The summed E-state index contributed by atoms with van der Waals surface area (Å²) in [6.07, 6.45) is 0.431. The predicted molar refractivity (Wildman–Crippen MR) is 115 cm³/mol. The Kier molecular flexibility index (Phi) is 6.84. The fourth-order valence-corrected chi connectivity index (χ4v) is 4.60. The number of aromatic nitrogens is 4. The molecule has 1 saturated carbocycles. The van der Waals surface area contributed by atoms with Crippen molar-refractivity contribution in [3.8, 4) is 0 Å². The van der Waals surface area contributed by atoms with Crippen LogP contribution in [0.1, 0.15) is 53.8 Å². The SMILES string of the molecule is O=C(NCCCn1ccnc1)c1cc(Cl)n2c(CC3CCC(F)(F)CC3)c(C(F)(F)F)nc2c1. The van der Waals surface area contributed by atoms with Crippen LogP contribution in [0.4, 0.5) is 22.0 Å². The highest BCUT2D eigenvalue weighted by Gasteiger charge is 2.40. The van der Waals surface area contributed by atoms with Crippen molar-refractivity contribution in [3.05, 3.63) is 53.0 Å². The minimum atomic E-state index is -4.75. The molecule has 0 saturated heterocycles. The number of carbonyl (C=O) groups is 1. The summed E-state index contributed by atoms with van der Waals surface area (Å²) in [4.78, 5) is 20.2. The van der Waals surface area contributed by atoms with Crippen molar-refractivity contribution in [2.45, 2.75) is 57.2 Å². The summed E-state index contributed by atoms with van der Waals surface area (Å²) in [5, 5.41) is 2.62. The molecule has 1 amide bonds. The van der Waals surface area contributed by atoms with Gasteiger partial charge in [-0.15, -0.1) is 0 Å². The molecular formula is C22H23ClF5N5O. The van der Waals surface area contributed by atoms with E-state index in [9.17, 15) is 26.7 Å². The molecule has 0 radical (unpaired) electrons. The number of nitrogens with one attached hydrogen (secondary N) is 1. The van der Waals surface area contributed by atoms with Crippen molar-refractivity contribution in [1.29, 1.82) is 0 Å². The van der Waals surface area contributed by atoms with Crippen molar-refractivity contribution in [3.63, 3.8) is 0 Å². The number of imidazole rings is 2. The topological polar surface area (TPSA) is 64.2 Å². The summed E-state index contributed by atoms with van der Waals surface area (Å²) in [6.45, 7) is 0.991. The number of nitrogens with zero attached hydrogens (tertiary/aromatic N) is 4. The third kappa shape index (κ3) is 5.51. The molecule has 0 atom stereocenters. The predicted octanol–water partition coefficient (Wildman–Crippen LogP) is 5.39. The Hall–Kier alpha value is -2.69. The molecular weight excluding hydrogens is 481 g/mol. The Morgan fingerprint density at radius 2 is 1.97 bits per heavy atom. The smallest absolute Gasteiger partial charge is 0.352 e. The van der Waals surface area contributed by atoms with Gasteiger partial charge in [-0.2, -0.15) is 13.2 Å². The van der Waals surface area contributed by atoms with Crippen molar-refractivity contribution in [2.75, 3.05) is 6.54 Å². The molecule has 34 heavy (non-hydrogen) atoms. The quantitative estimate of drug-likeness (QED) is 0.267. The van der Waals surface area contributed by atoms with Crippen molar-refractivity contribution >= 4 is 23.2 Å². The average molecular weight is 504 g/mol. The first-order valence-electron chi connectivity index (χ1n) is 10.9. The summed E-state index contributed by atoms with van der Waals surface area (Å²) in [7, 11) is 0. The van der Waals surface area contributed by atoms with E-state index in [1.165, 1.54) is 12.1 Å². The lowest BCUT2D eigenvalue weighted by molar-refractivity contribution is -0.141. The van der Waals surface area contributed by atoms with Crippen LogP contribution < -0.4 is 5.32 Å². The molecule has 12 heteroatoms. The minimum absolute atomic E-state index is 0.0778. The van der Waals surface area contributed by atoms with Crippen LogP contribution in [0.3, 0.4) is 0 Å². The van der Waals surface area contributed by atoms with E-state index < -0.39 is 23.7 Å². The monoisotopic (exact) mass is 503 g/mol. The van der Waals surface area contributed by atoms with Gasteiger partial charge in [0.1, 0.15) is 10.8 Å². The first-order valence-corrected chi connectivity index (χ1v) is 11.3. The molecule has 0 bridgehead atoms. The Labute approximate surface area is 197 Å². The summed E-state index contributed by atoms with van der Waals surface area (Å²) < 4.78 is 71.2. The highest BCUT2D eigenvalue weighted by Crippen LogP contribution is 2.40. The zero-order chi connectivity index (χ0) is 24.5. The summed E-state index contributed by atoms with van der Waals surface area (Å²) in [5.74, 6) is -3.60. The standard InChI is InChI=1S/C22H23ClF5N5O/c23-17-11-15(20(34)30-6-1-8-32-9-7-29-13-32)12-18-31-19(22(26,27)28)16(33(17)18)10-14-2-4-21(24,25)5-3-14/h7,9,11-14H,1-6,8,10H2,(H,30,34). The third-order valence-corrected chi connectivity index (χ3v) is 6.34. The molecule has 0 aliphatic heterocycles. The van der Waals surface area contributed by atoms with Gasteiger partial charge in [-0.1, -0.05) is 11.6 Å². The van der Waals surface area contributed by atoms with E-state index in [-0.39, 0.29) is 60.1 Å². The van der Waals surface area contributed by atoms with E-state index >= 15 is 0 Å². The van der Waals surface area contributed by atoms with Crippen LogP contribution >= 0.6 is 11.6 Å². The molecule has 1 N–H and O–H groups in total. The molecule has 3 aromatic heterocycles. The van der Waals surface area contributed by atoms with Gasteiger partial charge in [0.25, 0.3) is 5.91 Å². The molecule has 3 aromatic rings. The van der Waals surface area contributed by atoms with Gasteiger partial charge in [0.05, 0.1) is 12.0 Å². The fraction of sp³-hybridized carbons (Fsp3) is 0.500. The van der Waals surface area contributed by atoms with Crippen molar-refractivity contribution < 1.29 is 26.7 Å². The van der Waals surface area contributed by atoms with E-state index in [0.29, 0.717) is 19.5 Å². The maximum absolute atomic E-state index is 13.8. The molecule has 6 nitrogen and oxygen atoms in total. The number of hydrogen-bond donors (Lipinski definition) is 1. The van der Waals surface area contributed by atoms with Crippen LogP contribution in [0.5, 0.6) is 0 Å². The van der Waals surface area contributed by atoms with E-state index in [0.717, 1.165) is 4.40 Å². The van der Waals surface area contributed by atoms with Crippen LogP contribution in [0.25, 0.3) is 5.65 Å². The molecule has 184 valence electrons. The first-order chi connectivity index (χ1) is 16.0. The zero-order valence-corrected chi connectivity index (χ0v) is 18.8. The molecule has 1 aliphatic carbocycles. The van der Waals surface area contributed by atoms with Crippen molar-refractivity contribution in [1.82, 2.24) is 24.3 Å². The number of alkyl halides is 5. The Balaban J connectivity index is 1.54. The van der Waals surface area contributed by atoms with Gasteiger partial charge >= 0.3 is 6.18 Å². The number of carbonyl (C=O) groups excluding carboxylic acids is 1. The lowest BCUT2D eigenvalue weighted by Gasteiger charge is -2.28. The van der Waals surface area contributed by atoms with Gasteiger partial charge in [-0.05, 0) is 43.7 Å². The van der Waals surface area contributed by atoms with E-state index in [1.807, 2.05) is 4.57 Å². The van der Waals surface area contributed by atoms with Gasteiger partial charge in [0, 0.05) is 43.9 Å². The number of aryl methyl sites for hydroxylation is 1. The Bertz CT molecular complexity index is 1150. The third-order valence-electron chi connectivity index (χ3n) is 6.06. The minimum Gasteiger partial charge on any atom is -0.352 e. The molecule has 1 aliphatic rings. The van der Waals surface area contributed by atoms with Crippen LogP contribution in [-0.2, 0) is 19.1 Å². The largest absolute Gasteiger partial charge is 0.435 e. The summed E-state index contributed by atoms with van der Waals surface area (Å²) >= 11 is 6.31. The lowest BCUT2D eigenvalue weighted by atomic mass is 9.83. The first kappa shape index (κ1) is 24.4. The molecule has 0 spiro atoms. The normalized spacial score (nSPS) is 16.8. The Morgan fingerprint density at radius 1 is 1.24 bits per heavy atom. The number of rotatable bonds is 7. The Morgan fingerprint density at radius 3 is 2.62 bits per heavy atom. The number of fused-ring (bicyclic) bond motifs is 1. The van der Waals surface area contributed by atoms with Gasteiger partial charge < -0.3 is 9.88 Å². The second-order valence-corrected chi connectivity index (χ2v) is 8.97. The van der Waals surface area contributed by atoms with Crippen molar-refractivity contribution in [2.24, 2.45) is 5.92 Å². The molecule has 4 rings (SSSR count). The van der Waals surface area contributed by atoms with Crippen LogP contribution in [0.2, 0.25) is 5.15 Å². The second-order valence-electron chi connectivity index (χ2n) is 8.58. The van der Waals surface area contributed by atoms with E-state index in [2.05, 4.69) is 15.3 Å². The van der Waals surface area contributed by atoms with Gasteiger partial charge in [0.15, 0.2) is 5.69 Å². The maximum Gasteiger partial charge on any atom is 0.435 e. The van der Waals surface area contributed by atoms with Crippen LogP contribution in [0.15, 0.2) is 30.9 Å². The fourth-order valence-electron chi connectivity index (χ4n) is 4.29. The highest BCUT2D eigenvalue weighted by molar-refractivity contribution is 6.30. The van der Waals surface area contributed by atoms with E-state index in [4.69, 9.17) is 11.6 Å². The summed E-state index contributed by atoms with van der Waals surface area (Å²) in [6, 6.07) is 2.55. The highest BCUT2D eigenvalue weighted by atomic mass is 35.5. The lowest BCUT2D eigenvalue weighted by Crippen LogP contribution is -2.26. The van der Waals surface area contributed by atoms with Crippen LogP contribution in [0, 0.1) is 5.92 Å². The number of pyridine rings is 1. The molecule has 1 fully saturated rings. The molecule has 0 aromatic carbocycles. The van der Waals surface area contributed by atoms with Crippen LogP contribution in [-0.4, -0.2) is 37.3 Å². The van der Waals surface area contributed by atoms with Gasteiger partial charge in [-0.25, -0.2) is 18.7 Å². The molecule has 3 heterocycles. The number of amides is 1. The summed E-state index contributed by atoms with van der Waals surface area (Å²) in [5.41, 5.74) is -1.30. The van der Waals surface area contributed by atoms with E-state index in [1.54, 1.807) is 18.7 Å². The maximum atomic E-state index is 13.8. The molecule has 0 unspecified atom stereocenters. The number of hydrogen-bond acceptors (Lipinski definition) is 3. The van der Waals surface area contributed by atoms with Gasteiger partial charge in [0.2, 0.25) is 5.92 Å². The second kappa shape index (κ2) is 9.52. The average Bonchev–Trinajstić information content (AvgIpc) is 3.40. The number of halogens is 6. The zero-order valence-electron chi connectivity index (χ0n) is 18.1.